The summed E-state index contributed by atoms with van der Waals surface area (Å²) in [5.74, 6) is 0. The molecular formula is C54H36N2S. The number of para-hydroxylation sites is 2. The fourth-order valence-corrected chi connectivity index (χ4v) is 9.51. The fourth-order valence-electron chi connectivity index (χ4n) is 8.41. The van der Waals surface area contributed by atoms with E-state index in [-0.39, 0.29) is 0 Å². The summed E-state index contributed by atoms with van der Waals surface area (Å²) in [6.45, 7) is 0. The van der Waals surface area contributed by atoms with Crippen LogP contribution in [0, 0.1) is 0 Å². The van der Waals surface area contributed by atoms with Crippen LogP contribution < -0.4 is 4.90 Å². The molecule has 11 rings (SSSR count). The fraction of sp³-hybridized carbons (Fsp3) is 0. The molecule has 0 unspecified atom stereocenters. The monoisotopic (exact) mass is 744 g/mol. The van der Waals surface area contributed by atoms with E-state index in [2.05, 4.69) is 228 Å². The van der Waals surface area contributed by atoms with E-state index in [1.807, 2.05) is 11.8 Å². The van der Waals surface area contributed by atoms with Crippen molar-refractivity contribution < 1.29 is 0 Å². The Morgan fingerprint density at radius 2 is 0.807 bits per heavy atom. The molecule has 1 aromatic heterocycles. The molecule has 10 aromatic rings. The largest absolute Gasteiger partial charge is 0.309 e. The van der Waals surface area contributed by atoms with Gasteiger partial charge in [0, 0.05) is 31.9 Å². The number of hydrogen-bond acceptors (Lipinski definition) is 2. The van der Waals surface area contributed by atoms with Gasteiger partial charge in [-0.25, -0.2) is 0 Å². The number of benzene rings is 9. The van der Waals surface area contributed by atoms with Crippen LogP contribution in [0.25, 0.3) is 72.0 Å². The van der Waals surface area contributed by atoms with Gasteiger partial charge in [-0.1, -0.05) is 163 Å². The van der Waals surface area contributed by atoms with Crippen molar-refractivity contribution in [3.05, 3.63) is 218 Å². The molecular weight excluding hydrogens is 709 g/mol. The molecule has 57 heavy (non-hydrogen) atoms. The lowest BCUT2D eigenvalue weighted by molar-refractivity contribution is 1.17. The Morgan fingerprint density at radius 1 is 0.281 bits per heavy atom. The van der Waals surface area contributed by atoms with Gasteiger partial charge in [0.2, 0.25) is 0 Å². The van der Waals surface area contributed by atoms with Gasteiger partial charge in [-0.05, 0) is 111 Å². The van der Waals surface area contributed by atoms with Crippen LogP contribution in [0.2, 0.25) is 0 Å². The standard InChI is InChI=1S/C54H36N2S/c1-3-13-37(14-4-1)39-25-29-45(30-26-39)55-49-22-8-7-21-47(49)48-31-27-43(35-52(48)55)40-17-11-18-41(33-40)44-28-32-51-54(36-44)57-53-24-10-9-23-50(53)56(51)46-20-12-19-42(34-46)38-15-5-2-6-16-38/h1-36H. The number of anilines is 3. The van der Waals surface area contributed by atoms with Crippen molar-refractivity contribution >= 4 is 50.6 Å². The molecule has 9 aromatic carbocycles. The third kappa shape index (κ3) is 5.92. The van der Waals surface area contributed by atoms with Crippen molar-refractivity contribution in [2.24, 2.45) is 0 Å². The molecule has 2 heterocycles. The first kappa shape index (κ1) is 33.3. The van der Waals surface area contributed by atoms with E-state index in [0.717, 1.165) is 11.4 Å². The maximum absolute atomic E-state index is 2.41. The SMILES string of the molecule is c1ccc(-c2ccc(-n3c4ccccc4c4ccc(-c5cccc(-c6ccc7c(c6)Sc6ccccc6N7c6cccc(-c7ccccc7)c6)c5)cc43)cc2)cc1. The highest BCUT2D eigenvalue weighted by Gasteiger charge is 2.25. The van der Waals surface area contributed by atoms with Crippen LogP contribution in [0.15, 0.2) is 228 Å². The highest BCUT2D eigenvalue weighted by Crippen LogP contribution is 2.52. The number of hydrogen-bond donors (Lipinski definition) is 0. The molecule has 0 bridgehead atoms. The topological polar surface area (TPSA) is 8.17 Å². The summed E-state index contributed by atoms with van der Waals surface area (Å²) in [6.07, 6.45) is 0. The molecule has 0 aliphatic carbocycles. The predicted octanol–water partition coefficient (Wildman–Crippen LogP) is 15.4. The van der Waals surface area contributed by atoms with E-state index >= 15 is 0 Å². The molecule has 0 amide bonds. The molecule has 0 saturated heterocycles. The second kappa shape index (κ2) is 13.9. The molecule has 0 atom stereocenters. The van der Waals surface area contributed by atoms with Crippen molar-refractivity contribution in [1.82, 2.24) is 4.57 Å². The van der Waals surface area contributed by atoms with Crippen LogP contribution in [0.4, 0.5) is 17.1 Å². The first-order valence-corrected chi connectivity index (χ1v) is 20.2. The molecule has 1 aliphatic rings. The molecule has 0 radical (unpaired) electrons. The van der Waals surface area contributed by atoms with Crippen LogP contribution in [-0.4, -0.2) is 4.57 Å². The van der Waals surface area contributed by atoms with E-state index in [1.165, 1.54) is 87.5 Å². The average Bonchev–Trinajstić information content (AvgIpc) is 3.62. The summed E-state index contributed by atoms with van der Waals surface area (Å²) in [4.78, 5) is 4.91. The Bertz CT molecular complexity index is 3090. The van der Waals surface area contributed by atoms with Crippen molar-refractivity contribution in [2.45, 2.75) is 9.79 Å². The van der Waals surface area contributed by atoms with Crippen LogP contribution >= 0.6 is 11.8 Å². The third-order valence-corrected chi connectivity index (χ3v) is 12.3. The van der Waals surface area contributed by atoms with E-state index in [0.29, 0.717) is 0 Å². The van der Waals surface area contributed by atoms with E-state index < -0.39 is 0 Å². The van der Waals surface area contributed by atoms with Gasteiger partial charge in [-0.15, -0.1) is 0 Å². The van der Waals surface area contributed by atoms with Crippen LogP contribution in [-0.2, 0) is 0 Å². The maximum Gasteiger partial charge on any atom is 0.0602 e. The van der Waals surface area contributed by atoms with Gasteiger partial charge in [0.15, 0.2) is 0 Å². The summed E-state index contributed by atoms with van der Waals surface area (Å²) in [6, 6.07) is 79.4. The first-order chi connectivity index (χ1) is 28.2. The third-order valence-electron chi connectivity index (χ3n) is 11.2. The summed E-state index contributed by atoms with van der Waals surface area (Å²) in [5.41, 5.74) is 16.8. The Morgan fingerprint density at radius 3 is 1.60 bits per heavy atom. The molecule has 1 aliphatic heterocycles. The summed E-state index contributed by atoms with van der Waals surface area (Å²) in [7, 11) is 0. The van der Waals surface area contributed by atoms with Gasteiger partial charge in [0.25, 0.3) is 0 Å². The zero-order valence-electron chi connectivity index (χ0n) is 31.1. The van der Waals surface area contributed by atoms with Crippen LogP contribution in [0.1, 0.15) is 0 Å². The van der Waals surface area contributed by atoms with Crippen molar-refractivity contribution in [3.63, 3.8) is 0 Å². The Hall–Kier alpha value is -7.07. The van der Waals surface area contributed by atoms with Gasteiger partial charge >= 0.3 is 0 Å². The van der Waals surface area contributed by atoms with E-state index in [4.69, 9.17) is 0 Å². The minimum atomic E-state index is 1.15. The average molecular weight is 745 g/mol. The highest BCUT2D eigenvalue weighted by molar-refractivity contribution is 7.99. The van der Waals surface area contributed by atoms with Crippen molar-refractivity contribution in [3.8, 4) is 50.2 Å². The quantitative estimate of drug-likeness (QED) is 0.168. The molecule has 0 spiro atoms. The maximum atomic E-state index is 2.41. The van der Waals surface area contributed by atoms with Gasteiger partial charge in [-0.2, -0.15) is 0 Å². The molecule has 0 N–H and O–H groups in total. The molecule has 268 valence electrons. The van der Waals surface area contributed by atoms with E-state index in [9.17, 15) is 0 Å². The van der Waals surface area contributed by atoms with Crippen LogP contribution in [0.5, 0.6) is 0 Å². The Balaban J connectivity index is 0.973. The molecule has 2 nitrogen and oxygen atoms in total. The zero-order valence-corrected chi connectivity index (χ0v) is 31.9. The Kier molecular flexibility index (Phi) is 8.12. The number of nitrogens with zero attached hydrogens (tertiary/aromatic N) is 2. The number of fused-ring (bicyclic) bond motifs is 5. The summed E-state index contributed by atoms with van der Waals surface area (Å²) >= 11 is 1.85. The lowest BCUT2D eigenvalue weighted by Crippen LogP contribution is -2.14. The highest BCUT2D eigenvalue weighted by atomic mass is 32.2. The van der Waals surface area contributed by atoms with Gasteiger partial charge in [0.1, 0.15) is 0 Å². The van der Waals surface area contributed by atoms with Crippen molar-refractivity contribution in [2.75, 3.05) is 4.90 Å². The van der Waals surface area contributed by atoms with Gasteiger partial charge in [-0.3, -0.25) is 0 Å². The molecule has 0 saturated carbocycles. The minimum Gasteiger partial charge on any atom is -0.309 e. The lowest BCUT2D eigenvalue weighted by atomic mass is 9.98. The van der Waals surface area contributed by atoms with E-state index in [1.54, 1.807) is 0 Å². The smallest absolute Gasteiger partial charge is 0.0602 e. The summed E-state index contributed by atoms with van der Waals surface area (Å²) in [5, 5.41) is 2.51. The molecule has 3 heteroatoms. The second-order valence-electron chi connectivity index (χ2n) is 14.6. The lowest BCUT2D eigenvalue weighted by Gasteiger charge is -2.33. The normalized spacial score (nSPS) is 12.1. The molecule has 0 fully saturated rings. The Labute approximate surface area is 336 Å². The van der Waals surface area contributed by atoms with Gasteiger partial charge < -0.3 is 9.47 Å². The first-order valence-electron chi connectivity index (χ1n) is 19.4. The number of rotatable bonds is 6. The minimum absolute atomic E-state index is 1.15. The van der Waals surface area contributed by atoms with Crippen molar-refractivity contribution in [1.29, 1.82) is 0 Å². The van der Waals surface area contributed by atoms with Gasteiger partial charge in [0.05, 0.1) is 22.4 Å². The number of aromatic nitrogens is 1. The second-order valence-corrected chi connectivity index (χ2v) is 15.7. The predicted molar refractivity (Wildman–Crippen MR) is 241 cm³/mol. The zero-order chi connectivity index (χ0) is 37.7. The van der Waals surface area contributed by atoms with Crippen LogP contribution in [0.3, 0.4) is 0 Å². The summed E-state index contributed by atoms with van der Waals surface area (Å²) < 4.78 is 2.41.